The van der Waals surface area contributed by atoms with Crippen LogP contribution in [0.2, 0.25) is 0 Å². The SMILES string of the molecule is CC1CCN(Cc2cccc(CNC(=O)CC(N)c3ccccc3)c2)CC1.Cl.Cl. The lowest BCUT2D eigenvalue weighted by Gasteiger charge is -2.30. The molecule has 0 aromatic heterocycles. The summed E-state index contributed by atoms with van der Waals surface area (Å²) in [5, 5.41) is 3.00. The van der Waals surface area contributed by atoms with Crippen LogP contribution in [0.15, 0.2) is 54.6 Å². The first-order chi connectivity index (χ1) is 13.1. The Morgan fingerprint density at radius 2 is 1.72 bits per heavy atom. The number of amides is 1. The van der Waals surface area contributed by atoms with Crippen molar-refractivity contribution in [3.05, 3.63) is 71.3 Å². The van der Waals surface area contributed by atoms with Gasteiger partial charge >= 0.3 is 0 Å². The summed E-state index contributed by atoms with van der Waals surface area (Å²) >= 11 is 0. The molecule has 160 valence electrons. The fourth-order valence-electron chi connectivity index (χ4n) is 3.61. The van der Waals surface area contributed by atoms with Gasteiger partial charge in [-0.15, -0.1) is 24.8 Å². The van der Waals surface area contributed by atoms with Gasteiger partial charge in [-0.05, 0) is 48.5 Å². The lowest BCUT2D eigenvalue weighted by molar-refractivity contribution is -0.121. The predicted molar refractivity (Wildman–Crippen MR) is 124 cm³/mol. The molecule has 1 unspecified atom stereocenters. The number of hydrogen-bond donors (Lipinski definition) is 2. The maximum absolute atomic E-state index is 12.2. The zero-order valence-corrected chi connectivity index (χ0v) is 18.7. The quantitative estimate of drug-likeness (QED) is 0.671. The Hall–Kier alpha value is -1.59. The highest BCUT2D eigenvalue weighted by Crippen LogP contribution is 2.18. The summed E-state index contributed by atoms with van der Waals surface area (Å²) < 4.78 is 0. The fraction of sp³-hybridized carbons (Fsp3) is 0.435. The van der Waals surface area contributed by atoms with Gasteiger partial charge in [-0.25, -0.2) is 0 Å². The first-order valence-electron chi connectivity index (χ1n) is 9.97. The lowest BCUT2D eigenvalue weighted by atomic mass is 9.98. The molecule has 0 bridgehead atoms. The van der Waals surface area contributed by atoms with Crippen LogP contribution in [-0.2, 0) is 17.9 Å². The Balaban J connectivity index is 0.00000210. The van der Waals surface area contributed by atoms with E-state index in [9.17, 15) is 4.79 Å². The second-order valence-corrected chi connectivity index (χ2v) is 7.78. The Labute approximate surface area is 187 Å². The van der Waals surface area contributed by atoms with Crippen LogP contribution < -0.4 is 11.1 Å². The van der Waals surface area contributed by atoms with E-state index in [-0.39, 0.29) is 36.8 Å². The Morgan fingerprint density at radius 1 is 1.07 bits per heavy atom. The van der Waals surface area contributed by atoms with Crippen LogP contribution in [-0.4, -0.2) is 23.9 Å². The minimum Gasteiger partial charge on any atom is -0.352 e. The van der Waals surface area contributed by atoms with Gasteiger partial charge in [-0.1, -0.05) is 61.5 Å². The van der Waals surface area contributed by atoms with Crippen molar-refractivity contribution in [3.8, 4) is 0 Å². The van der Waals surface area contributed by atoms with Crippen LogP contribution in [0, 0.1) is 5.92 Å². The first-order valence-corrected chi connectivity index (χ1v) is 9.97. The molecule has 2 aromatic carbocycles. The number of halogens is 2. The van der Waals surface area contributed by atoms with Gasteiger partial charge in [-0.2, -0.15) is 0 Å². The number of benzene rings is 2. The highest BCUT2D eigenvalue weighted by Gasteiger charge is 2.16. The zero-order valence-electron chi connectivity index (χ0n) is 17.0. The van der Waals surface area contributed by atoms with Crippen molar-refractivity contribution in [2.24, 2.45) is 11.7 Å². The van der Waals surface area contributed by atoms with E-state index in [0.717, 1.165) is 23.6 Å². The summed E-state index contributed by atoms with van der Waals surface area (Å²) in [5.74, 6) is 0.840. The molecule has 2 aromatic rings. The van der Waals surface area contributed by atoms with E-state index in [1.165, 1.54) is 31.5 Å². The largest absolute Gasteiger partial charge is 0.352 e. The van der Waals surface area contributed by atoms with Gasteiger partial charge in [0, 0.05) is 25.6 Å². The number of rotatable bonds is 7. The smallest absolute Gasteiger partial charge is 0.222 e. The van der Waals surface area contributed by atoms with Gasteiger partial charge in [0.25, 0.3) is 0 Å². The van der Waals surface area contributed by atoms with E-state index >= 15 is 0 Å². The molecule has 3 rings (SSSR count). The molecule has 0 spiro atoms. The number of nitrogens with two attached hydrogens (primary N) is 1. The number of carbonyl (C=O) groups excluding carboxylic acids is 1. The van der Waals surface area contributed by atoms with Crippen molar-refractivity contribution >= 4 is 30.7 Å². The summed E-state index contributed by atoms with van der Waals surface area (Å²) in [6.07, 6.45) is 2.88. The summed E-state index contributed by atoms with van der Waals surface area (Å²) in [4.78, 5) is 14.8. The van der Waals surface area contributed by atoms with Gasteiger partial charge < -0.3 is 11.1 Å². The zero-order chi connectivity index (χ0) is 19.1. The van der Waals surface area contributed by atoms with Crippen LogP contribution in [0.5, 0.6) is 0 Å². The van der Waals surface area contributed by atoms with Crippen molar-refractivity contribution in [1.82, 2.24) is 10.2 Å². The molecule has 1 fully saturated rings. The van der Waals surface area contributed by atoms with Crippen molar-refractivity contribution in [2.45, 2.75) is 45.3 Å². The topological polar surface area (TPSA) is 58.4 Å². The molecule has 3 N–H and O–H groups in total. The van der Waals surface area contributed by atoms with Crippen LogP contribution >= 0.6 is 24.8 Å². The number of carbonyl (C=O) groups is 1. The molecule has 0 radical (unpaired) electrons. The number of nitrogens with one attached hydrogen (secondary N) is 1. The number of nitrogens with zero attached hydrogens (tertiary/aromatic N) is 1. The third-order valence-corrected chi connectivity index (χ3v) is 5.40. The summed E-state index contributed by atoms with van der Waals surface area (Å²) in [6, 6.07) is 18.0. The van der Waals surface area contributed by atoms with Gasteiger partial charge in [0.2, 0.25) is 5.91 Å². The molecule has 1 aliphatic rings. The number of piperidine rings is 1. The average Bonchev–Trinajstić information content (AvgIpc) is 2.69. The summed E-state index contributed by atoms with van der Waals surface area (Å²) in [7, 11) is 0. The Morgan fingerprint density at radius 3 is 2.41 bits per heavy atom. The van der Waals surface area contributed by atoms with Crippen LogP contribution in [0.4, 0.5) is 0 Å². The van der Waals surface area contributed by atoms with Crippen molar-refractivity contribution in [2.75, 3.05) is 13.1 Å². The molecule has 1 amide bonds. The van der Waals surface area contributed by atoms with E-state index in [2.05, 4.69) is 41.4 Å². The number of likely N-dealkylation sites (tertiary alicyclic amines) is 1. The maximum Gasteiger partial charge on any atom is 0.222 e. The van der Waals surface area contributed by atoms with E-state index in [0.29, 0.717) is 13.0 Å². The molecule has 1 saturated heterocycles. The molecular weight excluding hydrogens is 405 g/mol. The molecule has 6 heteroatoms. The monoisotopic (exact) mass is 437 g/mol. The average molecular weight is 438 g/mol. The molecule has 1 heterocycles. The first kappa shape index (κ1) is 25.4. The molecular formula is C23H33Cl2N3O. The third kappa shape index (κ3) is 8.35. The van der Waals surface area contributed by atoms with Crippen LogP contribution in [0.1, 0.15) is 48.9 Å². The number of hydrogen-bond acceptors (Lipinski definition) is 3. The highest BCUT2D eigenvalue weighted by molar-refractivity contribution is 5.85. The minimum atomic E-state index is -0.265. The third-order valence-electron chi connectivity index (χ3n) is 5.40. The lowest BCUT2D eigenvalue weighted by Crippen LogP contribution is -2.32. The van der Waals surface area contributed by atoms with Gasteiger partial charge in [-0.3, -0.25) is 9.69 Å². The van der Waals surface area contributed by atoms with Crippen molar-refractivity contribution < 1.29 is 4.79 Å². The van der Waals surface area contributed by atoms with E-state index in [1.54, 1.807) is 0 Å². The second kappa shape index (κ2) is 12.9. The molecule has 0 aliphatic carbocycles. The van der Waals surface area contributed by atoms with Gasteiger partial charge in [0.1, 0.15) is 0 Å². The van der Waals surface area contributed by atoms with E-state index in [1.807, 2.05) is 30.3 Å². The standard InChI is InChI=1S/C23H31N3O.2ClH/c1-18-10-12-26(13-11-18)17-20-7-5-6-19(14-20)16-25-23(27)15-22(24)21-8-3-2-4-9-21;;/h2-9,14,18,22H,10-13,15-17,24H2,1H3,(H,25,27);2*1H. The van der Waals surface area contributed by atoms with Gasteiger partial charge in [0.15, 0.2) is 0 Å². The summed E-state index contributed by atoms with van der Waals surface area (Å²) in [6.45, 7) is 6.24. The molecule has 1 aliphatic heterocycles. The Kier molecular flexibility index (Phi) is 11.3. The molecule has 1 atom stereocenters. The normalized spacial score (nSPS) is 15.7. The molecule has 4 nitrogen and oxygen atoms in total. The Bertz CT molecular complexity index is 734. The van der Waals surface area contributed by atoms with E-state index in [4.69, 9.17) is 5.73 Å². The predicted octanol–water partition coefficient (Wildman–Crippen LogP) is 4.47. The molecule has 0 saturated carbocycles. The van der Waals surface area contributed by atoms with Crippen molar-refractivity contribution in [3.63, 3.8) is 0 Å². The minimum absolute atomic E-state index is 0. The van der Waals surface area contributed by atoms with Crippen LogP contribution in [0.3, 0.4) is 0 Å². The maximum atomic E-state index is 12.2. The fourth-order valence-corrected chi connectivity index (χ4v) is 3.61. The second-order valence-electron chi connectivity index (χ2n) is 7.78. The van der Waals surface area contributed by atoms with Crippen LogP contribution in [0.25, 0.3) is 0 Å². The highest BCUT2D eigenvalue weighted by atomic mass is 35.5. The summed E-state index contributed by atoms with van der Waals surface area (Å²) in [5.41, 5.74) is 9.58. The van der Waals surface area contributed by atoms with E-state index < -0.39 is 0 Å². The molecule has 29 heavy (non-hydrogen) atoms. The van der Waals surface area contributed by atoms with Gasteiger partial charge in [0.05, 0.1) is 0 Å². The van der Waals surface area contributed by atoms with Crippen molar-refractivity contribution in [1.29, 1.82) is 0 Å².